The lowest BCUT2D eigenvalue weighted by Gasteiger charge is -2.32. The van der Waals surface area contributed by atoms with E-state index < -0.39 is 24.3 Å². The van der Waals surface area contributed by atoms with Crippen LogP contribution >= 0.6 is 0 Å². The van der Waals surface area contributed by atoms with Gasteiger partial charge in [0.2, 0.25) is 17.9 Å². The summed E-state index contributed by atoms with van der Waals surface area (Å²) < 4.78 is 54.3. The number of carbonyl (C=O) groups is 1. The Labute approximate surface area is 224 Å². The van der Waals surface area contributed by atoms with Gasteiger partial charge >= 0.3 is 12.1 Å². The van der Waals surface area contributed by atoms with Gasteiger partial charge in [0.05, 0.1) is 18.9 Å². The number of hydrogen-bond donors (Lipinski definition) is 3. The lowest BCUT2D eigenvalue weighted by atomic mass is 9.73. The summed E-state index contributed by atoms with van der Waals surface area (Å²) in [6.45, 7) is 3.21. The second-order valence-electron chi connectivity index (χ2n) is 10.5. The quantitative estimate of drug-likeness (QED) is 0.472. The lowest BCUT2D eigenvalue weighted by Crippen LogP contribution is -2.30. The van der Waals surface area contributed by atoms with Gasteiger partial charge in [0.25, 0.3) is 0 Å². The molecule has 11 heteroatoms. The molecule has 1 spiro atoms. The number of nitrogens with two attached hydrogens (primary N) is 1. The van der Waals surface area contributed by atoms with Crippen molar-refractivity contribution in [3.05, 3.63) is 58.8 Å². The molecule has 4 N–H and O–H groups in total. The molecule has 0 radical (unpaired) electrons. The summed E-state index contributed by atoms with van der Waals surface area (Å²) in [5, 5.41) is 12.4. The van der Waals surface area contributed by atoms with Crippen molar-refractivity contribution in [1.82, 2.24) is 15.3 Å². The second-order valence-corrected chi connectivity index (χ2v) is 10.5. The number of allylic oxidation sites excluding steroid dienone is 2. The Kier molecular flexibility index (Phi) is 7.39. The van der Waals surface area contributed by atoms with Crippen molar-refractivity contribution < 1.29 is 32.5 Å². The highest BCUT2D eigenvalue weighted by atomic mass is 19.4. The third-order valence-electron chi connectivity index (χ3n) is 7.75. The number of hydrogen-bond acceptors (Lipinski definition) is 7. The molecule has 0 saturated carbocycles. The maximum Gasteiger partial charge on any atom is 0.429 e. The van der Waals surface area contributed by atoms with Gasteiger partial charge in [0.15, 0.2) is 0 Å². The van der Waals surface area contributed by atoms with Crippen LogP contribution in [0.5, 0.6) is 5.88 Å². The average molecular weight is 545 g/mol. The van der Waals surface area contributed by atoms with Crippen LogP contribution in [0.3, 0.4) is 0 Å². The van der Waals surface area contributed by atoms with Gasteiger partial charge in [-0.15, -0.1) is 0 Å². The smallest absolute Gasteiger partial charge is 0.429 e. The molecule has 3 aliphatic rings. The van der Waals surface area contributed by atoms with E-state index >= 15 is 0 Å². The molecular formula is C28H31F3N4O4. The third-order valence-corrected chi connectivity index (χ3v) is 7.75. The zero-order valence-corrected chi connectivity index (χ0v) is 21.6. The van der Waals surface area contributed by atoms with Crippen molar-refractivity contribution in [2.75, 3.05) is 25.5 Å². The monoisotopic (exact) mass is 544 g/mol. The Morgan fingerprint density at radius 3 is 2.69 bits per heavy atom. The largest absolute Gasteiger partial charge is 0.480 e. The summed E-state index contributed by atoms with van der Waals surface area (Å²) in [6, 6.07) is 5.65. The van der Waals surface area contributed by atoms with E-state index in [4.69, 9.17) is 15.2 Å². The number of rotatable bonds is 6. The Hall–Kier alpha value is -3.44. The first-order chi connectivity index (χ1) is 18.5. The minimum atomic E-state index is -4.72. The highest BCUT2D eigenvalue weighted by molar-refractivity contribution is 5.74. The van der Waals surface area contributed by atoms with Crippen LogP contribution in [0.4, 0.5) is 19.1 Å². The summed E-state index contributed by atoms with van der Waals surface area (Å²) in [7, 11) is 0. The molecule has 2 aromatic rings. The van der Waals surface area contributed by atoms with Crippen molar-refractivity contribution in [1.29, 1.82) is 0 Å². The van der Waals surface area contributed by atoms with Crippen molar-refractivity contribution in [2.24, 2.45) is 5.41 Å². The van der Waals surface area contributed by atoms with Gasteiger partial charge in [0.1, 0.15) is 6.04 Å². The van der Waals surface area contributed by atoms with Crippen LogP contribution in [0, 0.1) is 12.3 Å². The minimum Gasteiger partial charge on any atom is -0.480 e. The molecule has 5 rings (SSSR count). The van der Waals surface area contributed by atoms with Crippen molar-refractivity contribution in [3.63, 3.8) is 0 Å². The van der Waals surface area contributed by atoms with Crippen LogP contribution in [-0.2, 0) is 9.53 Å². The number of aryl methyl sites for hydroxylation is 1. The van der Waals surface area contributed by atoms with Crippen LogP contribution in [0.15, 0.2) is 36.4 Å². The van der Waals surface area contributed by atoms with Crippen molar-refractivity contribution >= 4 is 23.1 Å². The number of alkyl halides is 3. The molecule has 1 aromatic carbocycles. The summed E-state index contributed by atoms with van der Waals surface area (Å²) in [4.78, 5) is 19.6. The van der Waals surface area contributed by atoms with Crippen LogP contribution in [0.25, 0.3) is 11.1 Å². The Bertz CT molecular complexity index is 1330. The van der Waals surface area contributed by atoms with Gasteiger partial charge in [-0.3, -0.25) is 4.79 Å². The number of benzene rings is 1. The van der Waals surface area contributed by atoms with Crippen LogP contribution in [0.1, 0.15) is 60.6 Å². The predicted molar refractivity (Wildman–Crippen MR) is 139 cm³/mol. The molecule has 0 amide bonds. The topological polar surface area (TPSA) is 120 Å². The number of nitrogens with one attached hydrogen (secondary N) is 1. The maximum atomic E-state index is 14.4. The Morgan fingerprint density at radius 2 is 2.05 bits per heavy atom. The van der Waals surface area contributed by atoms with E-state index in [2.05, 4.69) is 15.3 Å². The molecule has 2 aliphatic heterocycles. The highest BCUT2D eigenvalue weighted by Gasteiger charge is 2.45. The van der Waals surface area contributed by atoms with Gasteiger partial charge in [-0.05, 0) is 61.2 Å². The Balaban J connectivity index is 1.43. The maximum absolute atomic E-state index is 14.4. The summed E-state index contributed by atoms with van der Waals surface area (Å²) in [5.74, 6) is -1.31. The lowest BCUT2D eigenvalue weighted by molar-refractivity contribution is -0.198. The third kappa shape index (κ3) is 5.94. The first-order valence-corrected chi connectivity index (χ1v) is 12.9. The van der Waals surface area contributed by atoms with Crippen molar-refractivity contribution in [2.45, 2.75) is 57.3 Å². The van der Waals surface area contributed by atoms with Gasteiger partial charge in [0, 0.05) is 18.2 Å². The zero-order valence-electron chi connectivity index (χ0n) is 21.6. The van der Waals surface area contributed by atoms with E-state index in [-0.39, 0.29) is 22.8 Å². The number of aliphatic carboxylic acids is 1. The van der Waals surface area contributed by atoms with E-state index in [1.165, 1.54) is 12.1 Å². The first-order valence-electron chi connectivity index (χ1n) is 12.9. The molecule has 3 atom stereocenters. The van der Waals surface area contributed by atoms with Gasteiger partial charge in [-0.1, -0.05) is 35.9 Å². The average Bonchev–Trinajstić information content (AvgIpc) is 3.31. The molecular weight excluding hydrogens is 513 g/mol. The van der Waals surface area contributed by atoms with Crippen LogP contribution < -0.4 is 15.8 Å². The number of carboxylic acids is 1. The fourth-order valence-electron chi connectivity index (χ4n) is 5.66. The Morgan fingerprint density at radius 1 is 1.23 bits per heavy atom. The number of carboxylic acid groups (broad SMARTS) is 1. The van der Waals surface area contributed by atoms with E-state index in [1.807, 2.05) is 13.0 Å². The minimum absolute atomic E-state index is 0.000487. The number of anilines is 1. The van der Waals surface area contributed by atoms with E-state index in [1.54, 1.807) is 18.2 Å². The SMILES string of the molecule is Cc1ccc([C@@H](Oc2cc(C3=CCC4(CC3)CNC(C(=O)O)C4)nc(N)n2)C(F)(F)F)c(C2=CCOCC2)c1. The summed E-state index contributed by atoms with van der Waals surface area (Å²) in [5.41, 5.74) is 9.09. The predicted octanol–water partition coefficient (Wildman–Crippen LogP) is 4.85. The second kappa shape index (κ2) is 10.6. The van der Waals surface area contributed by atoms with Crippen molar-refractivity contribution in [3.8, 4) is 5.88 Å². The molecule has 39 heavy (non-hydrogen) atoms. The van der Waals surface area contributed by atoms with E-state index in [0.717, 1.165) is 23.1 Å². The number of nitrogen functional groups attached to an aromatic ring is 1. The molecule has 3 heterocycles. The van der Waals surface area contributed by atoms with Crippen LogP contribution in [0.2, 0.25) is 0 Å². The highest BCUT2D eigenvalue weighted by Crippen LogP contribution is 2.45. The number of ether oxygens (including phenoxy) is 2. The van der Waals surface area contributed by atoms with Gasteiger partial charge in [-0.2, -0.15) is 18.2 Å². The number of aromatic nitrogens is 2. The first kappa shape index (κ1) is 27.1. The zero-order chi connectivity index (χ0) is 27.8. The van der Waals surface area contributed by atoms with E-state index in [0.29, 0.717) is 56.7 Å². The molecule has 2 unspecified atom stereocenters. The van der Waals surface area contributed by atoms with Gasteiger partial charge in [-0.25, -0.2) is 4.98 Å². The molecule has 1 aromatic heterocycles. The van der Waals surface area contributed by atoms with E-state index in [9.17, 15) is 23.1 Å². The number of nitrogens with zero attached hydrogens (tertiary/aromatic N) is 2. The number of halogens is 3. The summed E-state index contributed by atoms with van der Waals surface area (Å²) in [6.07, 6.45) is -0.227. The molecule has 0 bridgehead atoms. The van der Waals surface area contributed by atoms with Crippen LogP contribution in [-0.4, -0.2) is 53.0 Å². The molecule has 1 fully saturated rings. The fourth-order valence-corrected chi connectivity index (χ4v) is 5.66. The summed E-state index contributed by atoms with van der Waals surface area (Å²) >= 11 is 0. The standard InChI is InChI=1S/C28H31F3N4O4/c1-16-2-3-19(20(12-16)17-6-10-38-11-7-17)24(28(29,30)31)39-23-13-21(34-26(32)35-23)18-4-8-27(9-5-18)14-22(25(36)37)33-15-27/h2-4,6,12-13,22,24,33H,5,7-11,14-15H2,1H3,(H,36,37)(H2,32,34,35)/t22?,24-,27?/m1/s1. The molecule has 1 aliphatic carbocycles. The van der Waals surface area contributed by atoms with Gasteiger partial charge < -0.3 is 25.6 Å². The molecule has 208 valence electrons. The molecule has 1 saturated heterocycles. The normalized spacial score (nSPS) is 24.3. The fraction of sp³-hybridized carbons (Fsp3) is 0.464. The molecule has 8 nitrogen and oxygen atoms in total.